The molecule has 0 aromatic heterocycles. The zero-order valence-electron chi connectivity index (χ0n) is 6.51. The van der Waals surface area contributed by atoms with E-state index in [0.717, 1.165) is 5.57 Å². The summed E-state index contributed by atoms with van der Waals surface area (Å²) in [6, 6.07) is 0. The second kappa shape index (κ2) is 3.82. The van der Waals surface area contributed by atoms with Crippen molar-refractivity contribution in [3.05, 3.63) is 11.6 Å². The smallest absolute Gasteiger partial charge is 0.244 e. The van der Waals surface area contributed by atoms with E-state index in [1.165, 1.54) is 6.92 Å². The summed E-state index contributed by atoms with van der Waals surface area (Å²) in [6.45, 7) is 5.02. The van der Waals surface area contributed by atoms with Gasteiger partial charge >= 0.3 is 0 Å². The number of hydrogen-bond acceptors (Lipinski definition) is 1. The van der Waals surface area contributed by atoms with Gasteiger partial charge in [-0.3, -0.25) is 4.79 Å². The molecule has 0 atom stereocenters. The Hall–Kier alpha value is -1.12. The standard InChI is InChI=1S/C7H12N2O/c1-4-5(2)7(8)9-6(3)10/h4H,1-3H3,(H2,8,9,10). The molecular formula is C7H12N2O. The fraction of sp³-hybridized carbons (Fsp3) is 0.429. The van der Waals surface area contributed by atoms with Gasteiger partial charge in [0.1, 0.15) is 5.84 Å². The van der Waals surface area contributed by atoms with Crippen LogP contribution < -0.4 is 5.73 Å². The van der Waals surface area contributed by atoms with Crippen molar-refractivity contribution in [2.45, 2.75) is 20.8 Å². The summed E-state index contributed by atoms with van der Waals surface area (Å²) < 4.78 is 0. The number of carbonyl (C=O) groups excluding carboxylic acids is 1. The SMILES string of the molecule is CC=C(C)C(N)=NC(C)=O. The van der Waals surface area contributed by atoms with Gasteiger partial charge in [0.05, 0.1) is 0 Å². The van der Waals surface area contributed by atoms with E-state index in [2.05, 4.69) is 4.99 Å². The zero-order valence-corrected chi connectivity index (χ0v) is 6.51. The maximum absolute atomic E-state index is 10.4. The van der Waals surface area contributed by atoms with Gasteiger partial charge in [-0.05, 0) is 19.4 Å². The monoisotopic (exact) mass is 140 g/mol. The first-order valence-electron chi connectivity index (χ1n) is 3.06. The molecule has 56 valence electrons. The highest BCUT2D eigenvalue weighted by atomic mass is 16.1. The van der Waals surface area contributed by atoms with E-state index in [1.807, 2.05) is 19.9 Å². The third kappa shape index (κ3) is 3.02. The topological polar surface area (TPSA) is 55.4 Å². The highest BCUT2D eigenvalue weighted by Gasteiger charge is 1.94. The molecule has 3 nitrogen and oxygen atoms in total. The van der Waals surface area contributed by atoms with Crippen LogP contribution in [-0.2, 0) is 4.79 Å². The molecule has 0 saturated carbocycles. The number of nitrogens with two attached hydrogens (primary N) is 1. The molecule has 0 heterocycles. The van der Waals surface area contributed by atoms with Gasteiger partial charge in [-0.15, -0.1) is 0 Å². The Morgan fingerprint density at radius 3 is 2.30 bits per heavy atom. The van der Waals surface area contributed by atoms with Crippen molar-refractivity contribution in [2.24, 2.45) is 10.7 Å². The predicted molar refractivity (Wildman–Crippen MR) is 41.7 cm³/mol. The predicted octanol–water partition coefficient (Wildman–Crippen LogP) is 0.856. The van der Waals surface area contributed by atoms with Crippen molar-refractivity contribution in [1.29, 1.82) is 0 Å². The molecule has 0 rings (SSSR count). The molecule has 0 radical (unpaired) electrons. The summed E-state index contributed by atoms with van der Waals surface area (Å²) >= 11 is 0. The number of hydrogen-bond donors (Lipinski definition) is 1. The second-order valence-corrected chi connectivity index (χ2v) is 1.99. The Balaban J connectivity index is 4.35. The van der Waals surface area contributed by atoms with Gasteiger partial charge in [-0.25, -0.2) is 0 Å². The molecule has 0 aliphatic heterocycles. The Labute approximate surface area is 60.6 Å². The Morgan fingerprint density at radius 1 is 1.50 bits per heavy atom. The lowest BCUT2D eigenvalue weighted by atomic mass is 10.3. The summed E-state index contributed by atoms with van der Waals surface area (Å²) in [5, 5.41) is 0. The summed E-state index contributed by atoms with van der Waals surface area (Å²) in [5.74, 6) is 0.0358. The van der Waals surface area contributed by atoms with E-state index in [9.17, 15) is 4.79 Å². The van der Waals surface area contributed by atoms with Crippen LogP contribution in [-0.4, -0.2) is 11.7 Å². The minimum Gasteiger partial charge on any atom is -0.383 e. The first-order valence-corrected chi connectivity index (χ1v) is 3.06. The fourth-order valence-corrected chi connectivity index (χ4v) is 0.406. The number of carbonyl (C=O) groups is 1. The van der Waals surface area contributed by atoms with E-state index in [-0.39, 0.29) is 5.91 Å². The number of allylic oxidation sites excluding steroid dienone is 1. The normalized spacial score (nSPS) is 13.5. The maximum Gasteiger partial charge on any atom is 0.244 e. The van der Waals surface area contributed by atoms with Crippen LogP contribution in [0.3, 0.4) is 0 Å². The number of amides is 1. The van der Waals surface area contributed by atoms with Gasteiger partial charge in [-0.1, -0.05) is 6.08 Å². The largest absolute Gasteiger partial charge is 0.383 e. The average Bonchev–Trinajstić information content (AvgIpc) is 1.85. The van der Waals surface area contributed by atoms with Gasteiger partial charge in [0.15, 0.2) is 0 Å². The minimum atomic E-state index is -0.265. The van der Waals surface area contributed by atoms with Gasteiger partial charge in [-0.2, -0.15) is 4.99 Å². The molecule has 0 aliphatic carbocycles. The highest BCUT2D eigenvalue weighted by molar-refractivity contribution is 6.02. The molecular weight excluding hydrogens is 128 g/mol. The molecule has 10 heavy (non-hydrogen) atoms. The molecule has 2 N–H and O–H groups in total. The minimum absolute atomic E-state index is 0.265. The first-order chi connectivity index (χ1) is 4.57. The Morgan fingerprint density at radius 2 is 2.00 bits per heavy atom. The van der Waals surface area contributed by atoms with Crippen molar-refractivity contribution in [1.82, 2.24) is 0 Å². The lowest BCUT2D eigenvalue weighted by Gasteiger charge is -1.95. The van der Waals surface area contributed by atoms with Crippen molar-refractivity contribution in [3.63, 3.8) is 0 Å². The summed E-state index contributed by atoms with van der Waals surface area (Å²) in [5.41, 5.74) is 6.22. The van der Waals surface area contributed by atoms with Crippen molar-refractivity contribution >= 4 is 11.7 Å². The van der Waals surface area contributed by atoms with Crippen molar-refractivity contribution in [3.8, 4) is 0 Å². The maximum atomic E-state index is 10.4. The second-order valence-electron chi connectivity index (χ2n) is 1.99. The van der Waals surface area contributed by atoms with Crippen LogP contribution in [0.5, 0.6) is 0 Å². The molecule has 0 unspecified atom stereocenters. The number of amidine groups is 1. The highest BCUT2D eigenvalue weighted by Crippen LogP contribution is 1.91. The molecule has 0 aromatic carbocycles. The van der Waals surface area contributed by atoms with E-state index in [0.29, 0.717) is 5.84 Å². The summed E-state index contributed by atoms with van der Waals surface area (Å²) in [7, 11) is 0. The third-order valence-electron chi connectivity index (χ3n) is 1.11. The van der Waals surface area contributed by atoms with Crippen LogP contribution >= 0.6 is 0 Å². The molecule has 0 bridgehead atoms. The Kier molecular flexibility index (Phi) is 3.39. The average molecular weight is 140 g/mol. The van der Waals surface area contributed by atoms with E-state index in [4.69, 9.17) is 5.73 Å². The number of rotatable bonds is 1. The molecule has 3 heteroatoms. The summed E-state index contributed by atoms with van der Waals surface area (Å²) in [4.78, 5) is 13.9. The van der Waals surface area contributed by atoms with E-state index >= 15 is 0 Å². The first kappa shape index (κ1) is 8.88. The molecule has 0 aromatic rings. The summed E-state index contributed by atoms with van der Waals surface area (Å²) in [6.07, 6.45) is 1.81. The van der Waals surface area contributed by atoms with Gasteiger partial charge in [0, 0.05) is 6.92 Å². The quantitative estimate of drug-likeness (QED) is 0.433. The Bertz CT molecular complexity index is 192. The molecule has 1 amide bonds. The van der Waals surface area contributed by atoms with Gasteiger partial charge in [0.2, 0.25) is 5.91 Å². The zero-order chi connectivity index (χ0) is 8.15. The van der Waals surface area contributed by atoms with E-state index in [1.54, 1.807) is 0 Å². The van der Waals surface area contributed by atoms with Crippen LogP contribution in [0.25, 0.3) is 0 Å². The van der Waals surface area contributed by atoms with Crippen LogP contribution in [0.4, 0.5) is 0 Å². The van der Waals surface area contributed by atoms with Crippen LogP contribution in [0.2, 0.25) is 0 Å². The molecule has 0 aliphatic rings. The van der Waals surface area contributed by atoms with E-state index < -0.39 is 0 Å². The molecule has 0 saturated heterocycles. The van der Waals surface area contributed by atoms with Crippen LogP contribution in [0, 0.1) is 0 Å². The molecule has 0 spiro atoms. The van der Waals surface area contributed by atoms with Gasteiger partial charge < -0.3 is 5.73 Å². The lowest BCUT2D eigenvalue weighted by Crippen LogP contribution is -2.14. The van der Waals surface area contributed by atoms with Crippen molar-refractivity contribution in [2.75, 3.05) is 0 Å². The van der Waals surface area contributed by atoms with Gasteiger partial charge in [0.25, 0.3) is 0 Å². The number of aliphatic imine (C=N–C) groups is 1. The van der Waals surface area contributed by atoms with Crippen LogP contribution in [0.15, 0.2) is 16.6 Å². The third-order valence-corrected chi connectivity index (χ3v) is 1.11. The fourth-order valence-electron chi connectivity index (χ4n) is 0.406. The molecule has 0 fully saturated rings. The van der Waals surface area contributed by atoms with Crippen molar-refractivity contribution < 1.29 is 4.79 Å². The number of nitrogens with zero attached hydrogens (tertiary/aromatic N) is 1. The lowest BCUT2D eigenvalue weighted by molar-refractivity contribution is -0.115. The van der Waals surface area contributed by atoms with Crippen LogP contribution in [0.1, 0.15) is 20.8 Å².